The van der Waals surface area contributed by atoms with Gasteiger partial charge in [-0.1, -0.05) is 0 Å². The highest BCUT2D eigenvalue weighted by molar-refractivity contribution is 14.1. The van der Waals surface area contributed by atoms with Crippen molar-refractivity contribution < 1.29 is 13.2 Å². The van der Waals surface area contributed by atoms with Crippen molar-refractivity contribution >= 4 is 47.1 Å². The Bertz CT molecular complexity index is 672. The fraction of sp³-hybridized carbons (Fsp3) is 0.100. The predicted octanol–water partition coefficient (Wildman–Crippen LogP) is 2.15. The molecule has 0 aliphatic rings. The quantitative estimate of drug-likeness (QED) is 0.667. The highest BCUT2D eigenvalue weighted by Crippen LogP contribution is 2.21. The molecule has 1 heterocycles. The summed E-state index contributed by atoms with van der Waals surface area (Å²) in [5, 5.41) is 0.725. The van der Waals surface area contributed by atoms with Crippen molar-refractivity contribution in [1.82, 2.24) is 4.98 Å². The van der Waals surface area contributed by atoms with Gasteiger partial charge in [-0.2, -0.15) is 0 Å². The van der Waals surface area contributed by atoms with E-state index in [4.69, 9.17) is 0 Å². The van der Waals surface area contributed by atoms with Crippen LogP contribution in [0.2, 0.25) is 0 Å². The van der Waals surface area contributed by atoms with Crippen molar-refractivity contribution in [2.24, 2.45) is 0 Å². The second-order valence-electron chi connectivity index (χ2n) is 3.48. The van der Waals surface area contributed by atoms with Crippen LogP contribution < -0.4 is 0 Å². The Morgan fingerprint density at radius 1 is 1.31 bits per heavy atom. The molecule has 84 valence electrons. The normalized spacial score (nSPS) is 11.9. The molecule has 0 aliphatic heterocycles. The summed E-state index contributed by atoms with van der Waals surface area (Å²) in [5.74, 6) is 0. The first kappa shape index (κ1) is 11.6. The molecule has 6 heteroatoms. The molecule has 0 radical (unpaired) electrons. The highest BCUT2D eigenvalue weighted by atomic mass is 127. The van der Waals surface area contributed by atoms with E-state index >= 15 is 0 Å². The second-order valence-corrected chi connectivity index (χ2v) is 6.47. The summed E-state index contributed by atoms with van der Waals surface area (Å²) in [5.41, 5.74) is 1.23. The molecule has 1 aromatic carbocycles. The largest absolute Gasteiger partial charge is 0.351 e. The third kappa shape index (κ3) is 2.12. The van der Waals surface area contributed by atoms with Gasteiger partial charge in [0.2, 0.25) is 3.79 Å². The Morgan fingerprint density at radius 2 is 2.00 bits per heavy atom. The minimum Gasteiger partial charge on any atom is -0.351 e. The zero-order chi connectivity index (χ0) is 11.9. The van der Waals surface area contributed by atoms with Gasteiger partial charge >= 0.3 is 0 Å². The summed E-state index contributed by atoms with van der Waals surface area (Å²) >= 11 is 1.68. The summed E-state index contributed by atoms with van der Waals surface area (Å²) in [7, 11) is -3.21. The van der Waals surface area contributed by atoms with E-state index in [-0.39, 0.29) is 8.69 Å². The van der Waals surface area contributed by atoms with Gasteiger partial charge in [0.15, 0.2) is 9.84 Å². The summed E-state index contributed by atoms with van der Waals surface area (Å²) in [6.07, 6.45) is 1.16. The average Bonchev–Trinajstić information content (AvgIpc) is 2.58. The van der Waals surface area contributed by atoms with Crippen LogP contribution in [0.15, 0.2) is 29.2 Å². The molecule has 2 rings (SSSR count). The van der Waals surface area contributed by atoms with Crippen LogP contribution in [-0.2, 0) is 9.84 Å². The van der Waals surface area contributed by atoms with E-state index in [2.05, 4.69) is 4.98 Å². The van der Waals surface area contributed by atoms with Crippen LogP contribution in [0.25, 0.3) is 10.9 Å². The van der Waals surface area contributed by atoms with Gasteiger partial charge in [0.25, 0.3) is 0 Å². The average molecular weight is 349 g/mol. The number of carbonyl (C=O) groups excluding carboxylic acids is 1. The number of halogens is 1. The number of nitrogens with one attached hydrogen (secondary N) is 1. The molecule has 16 heavy (non-hydrogen) atoms. The molecule has 0 saturated heterocycles. The Balaban J connectivity index is 2.67. The standard InChI is InChI=1S/C10H8INO3S/c1-16(14,15)7-2-3-8-6(4-7)5-9(12-8)10(11)13/h2-5,12H,1H3. The lowest BCUT2D eigenvalue weighted by atomic mass is 10.2. The van der Waals surface area contributed by atoms with Crippen LogP contribution in [0.5, 0.6) is 0 Å². The fourth-order valence-electron chi connectivity index (χ4n) is 1.45. The number of fused-ring (bicyclic) bond motifs is 1. The van der Waals surface area contributed by atoms with Gasteiger partial charge in [-0.05, 0) is 24.3 Å². The lowest BCUT2D eigenvalue weighted by Crippen LogP contribution is -1.95. The maximum Gasteiger partial charge on any atom is 0.238 e. The SMILES string of the molecule is CS(=O)(=O)c1ccc2[nH]c(C(=O)I)cc2c1. The summed E-state index contributed by atoms with van der Waals surface area (Å²) in [4.78, 5) is 14.3. The van der Waals surface area contributed by atoms with Crippen molar-refractivity contribution in [1.29, 1.82) is 0 Å². The first-order valence-electron chi connectivity index (χ1n) is 4.40. The number of H-pyrrole nitrogens is 1. The van der Waals surface area contributed by atoms with Crippen molar-refractivity contribution in [3.05, 3.63) is 30.0 Å². The first-order chi connectivity index (χ1) is 7.38. The Labute approximate surface area is 106 Å². The first-order valence-corrected chi connectivity index (χ1v) is 7.37. The maximum atomic E-state index is 11.3. The van der Waals surface area contributed by atoms with Gasteiger partial charge in [0.1, 0.15) is 0 Å². The molecule has 0 aliphatic carbocycles. The van der Waals surface area contributed by atoms with E-state index in [0.29, 0.717) is 5.69 Å². The molecule has 0 spiro atoms. The van der Waals surface area contributed by atoms with Gasteiger partial charge in [0, 0.05) is 39.7 Å². The van der Waals surface area contributed by atoms with Gasteiger partial charge in [-0.25, -0.2) is 8.42 Å². The second kappa shape index (κ2) is 3.85. The van der Waals surface area contributed by atoms with Gasteiger partial charge in [-0.3, -0.25) is 4.79 Å². The van der Waals surface area contributed by atoms with Gasteiger partial charge in [-0.15, -0.1) is 0 Å². The Morgan fingerprint density at radius 3 is 2.56 bits per heavy atom. The van der Waals surface area contributed by atoms with E-state index in [1.807, 2.05) is 0 Å². The van der Waals surface area contributed by atoms with E-state index in [1.165, 1.54) is 6.07 Å². The maximum absolute atomic E-state index is 11.3. The topological polar surface area (TPSA) is 67.0 Å². The summed E-state index contributed by atoms with van der Waals surface area (Å²) in [6, 6.07) is 6.40. The third-order valence-corrected chi connectivity index (χ3v) is 3.92. The van der Waals surface area contributed by atoms with Crippen LogP contribution in [-0.4, -0.2) is 23.4 Å². The molecule has 1 aromatic heterocycles. The monoisotopic (exact) mass is 349 g/mol. The van der Waals surface area contributed by atoms with Crippen LogP contribution in [0, 0.1) is 0 Å². The van der Waals surface area contributed by atoms with E-state index in [1.54, 1.807) is 40.8 Å². The number of rotatable bonds is 2. The summed E-state index contributed by atoms with van der Waals surface area (Å²) in [6.45, 7) is 0. The predicted molar refractivity (Wildman–Crippen MR) is 69.8 cm³/mol. The zero-order valence-corrected chi connectivity index (χ0v) is 11.3. The number of aromatic amines is 1. The van der Waals surface area contributed by atoms with E-state index in [0.717, 1.165) is 17.2 Å². The highest BCUT2D eigenvalue weighted by Gasteiger charge is 2.10. The Hall–Kier alpha value is -0.890. The Kier molecular flexibility index (Phi) is 2.79. The molecule has 2 aromatic rings. The molecule has 0 saturated carbocycles. The molecule has 0 unspecified atom stereocenters. The molecule has 0 atom stereocenters. The number of hydrogen-bond donors (Lipinski definition) is 1. The van der Waals surface area contributed by atoms with Crippen molar-refractivity contribution in [3.8, 4) is 0 Å². The molecule has 0 bridgehead atoms. The number of hydrogen-bond acceptors (Lipinski definition) is 3. The molecular weight excluding hydrogens is 341 g/mol. The zero-order valence-electron chi connectivity index (χ0n) is 8.32. The van der Waals surface area contributed by atoms with E-state index in [9.17, 15) is 13.2 Å². The number of aromatic nitrogens is 1. The third-order valence-electron chi connectivity index (χ3n) is 2.23. The van der Waals surface area contributed by atoms with Crippen molar-refractivity contribution in [2.45, 2.75) is 4.90 Å². The van der Waals surface area contributed by atoms with E-state index < -0.39 is 9.84 Å². The molecular formula is C10H8INO3S. The minimum absolute atomic E-state index is 0.102. The van der Waals surface area contributed by atoms with Gasteiger partial charge in [0.05, 0.1) is 10.6 Å². The fourth-order valence-corrected chi connectivity index (χ4v) is 2.39. The van der Waals surface area contributed by atoms with Crippen LogP contribution in [0.3, 0.4) is 0 Å². The van der Waals surface area contributed by atoms with Crippen LogP contribution >= 0.6 is 22.6 Å². The molecule has 1 N–H and O–H groups in total. The van der Waals surface area contributed by atoms with Crippen molar-refractivity contribution in [3.63, 3.8) is 0 Å². The number of carbonyl (C=O) groups is 1. The van der Waals surface area contributed by atoms with Crippen LogP contribution in [0.1, 0.15) is 10.5 Å². The van der Waals surface area contributed by atoms with Gasteiger partial charge < -0.3 is 4.98 Å². The lowest BCUT2D eigenvalue weighted by molar-refractivity contribution is 0.110. The van der Waals surface area contributed by atoms with Crippen molar-refractivity contribution in [2.75, 3.05) is 6.26 Å². The minimum atomic E-state index is -3.21. The lowest BCUT2D eigenvalue weighted by Gasteiger charge is -1.97. The smallest absolute Gasteiger partial charge is 0.238 e. The molecule has 0 amide bonds. The number of sulfone groups is 1. The van der Waals surface area contributed by atoms with Crippen LogP contribution in [0.4, 0.5) is 0 Å². The summed E-state index contributed by atoms with van der Waals surface area (Å²) < 4.78 is 22.6. The number of benzene rings is 1. The molecule has 0 fully saturated rings. The molecule has 4 nitrogen and oxygen atoms in total.